The van der Waals surface area contributed by atoms with Crippen LogP contribution in [0.15, 0.2) is 40.4 Å². The number of para-hydroxylation sites is 1. The molecule has 1 unspecified atom stereocenters. The first-order chi connectivity index (χ1) is 14.0. The monoisotopic (exact) mass is 398 g/mol. The summed E-state index contributed by atoms with van der Waals surface area (Å²) < 4.78 is 11.2. The molecular formula is C20H22N4O5. The summed E-state index contributed by atoms with van der Waals surface area (Å²) in [7, 11) is 1.31. The molecule has 1 N–H and O–H groups in total. The number of aromatic nitrogens is 2. The van der Waals surface area contributed by atoms with Gasteiger partial charge in [-0.1, -0.05) is 12.1 Å². The average Bonchev–Trinajstić information content (AvgIpc) is 2.73. The third-order valence-electron chi connectivity index (χ3n) is 4.63. The van der Waals surface area contributed by atoms with E-state index in [-0.39, 0.29) is 18.2 Å². The van der Waals surface area contributed by atoms with Crippen molar-refractivity contribution < 1.29 is 19.1 Å². The van der Waals surface area contributed by atoms with Crippen molar-refractivity contribution in [2.45, 2.75) is 32.7 Å². The van der Waals surface area contributed by atoms with Crippen LogP contribution in [0.25, 0.3) is 0 Å². The van der Waals surface area contributed by atoms with Crippen LogP contribution in [0.5, 0.6) is 0 Å². The van der Waals surface area contributed by atoms with Gasteiger partial charge in [0, 0.05) is 12.2 Å². The molecule has 0 aliphatic carbocycles. The summed E-state index contributed by atoms with van der Waals surface area (Å²) in [6.07, 6.45) is 2.46. The van der Waals surface area contributed by atoms with Crippen molar-refractivity contribution in [3.05, 3.63) is 57.8 Å². The molecule has 3 rings (SSSR count). The second-order valence-corrected chi connectivity index (χ2v) is 6.49. The van der Waals surface area contributed by atoms with Gasteiger partial charge in [-0.25, -0.2) is 14.6 Å². The number of nitrogens with zero attached hydrogens (tertiary/aromatic N) is 3. The largest absolute Gasteiger partial charge is 0.465 e. The van der Waals surface area contributed by atoms with E-state index in [2.05, 4.69) is 15.5 Å². The Morgan fingerprint density at radius 3 is 2.76 bits per heavy atom. The summed E-state index contributed by atoms with van der Waals surface area (Å²) in [4.78, 5) is 41.1. The molecule has 0 bridgehead atoms. The summed E-state index contributed by atoms with van der Waals surface area (Å²) in [5.74, 6) is -0.800. The molecule has 1 atom stereocenters. The highest BCUT2D eigenvalue weighted by molar-refractivity contribution is 6.00. The van der Waals surface area contributed by atoms with E-state index in [9.17, 15) is 14.4 Å². The molecule has 2 aromatic rings. The maximum absolute atomic E-state index is 12.8. The first-order valence-electron chi connectivity index (χ1n) is 9.26. The van der Waals surface area contributed by atoms with Crippen molar-refractivity contribution in [1.29, 1.82) is 0 Å². The number of hydrogen-bond donors (Lipinski definition) is 1. The lowest BCUT2D eigenvalue weighted by Crippen LogP contribution is -2.37. The molecule has 9 heteroatoms. The summed E-state index contributed by atoms with van der Waals surface area (Å²) in [5, 5.41) is 4.38. The van der Waals surface area contributed by atoms with Gasteiger partial charge in [0.05, 0.1) is 25.0 Å². The number of ether oxygens (including phenoxy) is 2. The Morgan fingerprint density at radius 2 is 2.03 bits per heavy atom. The van der Waals surface area contributed by atoms with E-state index >= 15 is 0 Å². The predicted octanol–water partition coefficient (Wildman–Crippen LogP) is 2.38. The normalized spacial score (nSPS) is 16.8. The quantitative estimate of drug-likeness (QED) is 0.608. The molecule has 0 amide bonds. The van der Waals surface area contributed by atoms with Gasteiger partial charge in [0.25, 0.3) is 5.56 Å². The first-order valence-corrected chi connectivity index (χ1v) is 9.26. The van der Waals surface area contributed by atoms with Gasteiger partial charge in [-0.2, -0.15) is 5.10 Å². The molecule has 0 saturated heterocycles. The van der Waals surface area contributed by atoms with E-state index in [4.69, 9.17) is 9.47 Å². The molecule has 1 aromatic carbocycles. The molecule has 1 aliphatic rings. The summed E-state index contributed by atoms with van der Waals surface area (Å²) in [5.41, 5.74) is 3.68. The van der Waals surface area contributed by atoms with Crippen LogP contribution < -0.4 is 11.0 Å². The zero-order valence-corrected chi connectivity index (χ0v) is 16.5. The molecule has 9 nitrogen and oxygen atoms in total. The Bertz CT molecular complexity index is 1030. The Hall–Kier alpha value is -3.49. The lowest BCUT2D eigenvalue weighted by molar-refractivity contribution is 0.0521. The first kappa shape index (κ1) is 20.2. The maximum atomic E-state index is 12.8. The van der Waals surface area contributed by atoms with Crippen molar-refractivity contribution in [3.63, 3.8) is 0 Å². The summed E-state index contributed by atoms with van der Waals surface area (Å²) >= 11 is 0. The van der Waals surface area contributed by atoms with Gasteiger partial charge < -0.3 is 9.47 Å². The lowest BCUT2D eigenvalue weighted by atomic mass is 10.0. The molecule has 0 fully saturated rings. The highest BCUT2D eigenvalue weighted by Crippen LogP contribution is 2.23. The van der Waals surface area contributed by atoms with Crippen LogP contribution in [-0.4, -0.2) is 40.9 Å². The van der Waals surface area contributed by atoms with E-state index in [0.29, 0.717) is 35.6 Å². The van der Waals surface area contributed by atoms with Crippen molar-refractivity contribution in [2.75, 3.05) is 19.1 Å². The lowest BCUT2D eigenvalue weighted by Gasteiger charge is -2.25. The number of carbonyl (C=O) groups is 2. The Labute approximate surface area is 167 Å². The molecule has 0 spiro atoms. The van der Waals surface area contributed by atoms with Crippen LogP contribution in [0.1, 0.15) is 59.3 Å². The zero-order chi connectivity index (χ0) is 21.0. The van der Waals surface area contributed by atoms with Gasteiger partial charge >= 0.3 is 11.9 Å². The molecule has 152 valence electrons. The minimum atomic E-state index is -0.693. The molecule has 1 aliphatic heterocycles. The number of carbonyl (C=O) groups excluding carboxylic acids is 2. The van der Waals surface area contributed by atoms with E-state index in [0.717, 1.165) is 0 Å². The van der Waals surface area contributed by atoms with E-state index in [1.165, 1.54) is 17.9 Å². The Morgan fingerprint density at radius 1 is 1.28 bits per heavy atom. The number of hydrogen-bond acceptors (Lipinski definition) is 8. The van der Waals surface area contributed by atoms with Crippen LogP contribution >= 0.6 is 0 Å². The SMILES string of the molecule is CCOC(=O)c1cnc2n(c1=O)C(C)CC/C2=N/Nc1ccccc1C(=O)OC. The van der Waals surface area contributed by atoms with Gasteiger partial charge in [-0.3, -0.25) is 14.8 Å². The van der Waals surface area contributed by atoms with E-state index < -0.39 is 17.5 Å². The highest BCUT2D eigenvalue weighted by Gasteiger charge is 2.27. The van der Waals surface area contributed by atoms with Crippen LogP contribution in [0.3, 0.4) is 0 Å². The van der Waals surface area contributed by atoms with Crippen LogP contribution in [0.4, 0.5) is 5.69 Å². The molecule has 29 heavy (non-hydrogen) atoms. The fraction of sp³-hybridized carbons (Fsp3) is 0.350. The fourth-order valence-corrected chi connectivity index (χ4v) is 3.13. The predicted molar refractivity (Wildman–Crippen MR) is 106 cm³/mol. The number of methoxy groups -OCH3 is 1. The average molecular weight is 398 g/mol. The number of esters is 2. The molecule has 2 heterocycles. The van der Waals surface area contributed by atoms with E-state index in [1.54, 1.807) is 31.2 Å². The number of benzene rings is 1. The minimum Gasteiger partial charge on any atom is -0.465 e. The van der Waals surface area contributed by atoms with Gasteiger partial charge in [-0.05, 0) is 38.8 Å². The second-order valence-electron chi connectivity index (χ2n) is 6.49. The van der Waals surface area contributed by atoms with Crippen molar-refractivity contribution in [3.8, 4) is 0 Å². The number of fused-ring (bicyclic) bond motifs is 1. The minimum absolute atomic E-state index is 0.104. The van der Waals surface area contributed by atoms with Crippen molar-refractivity contribution in [1.82, 2.24) is 9.55 Å². The maximum Gasteiger partial charge on any atom is 0.345 e. The third-order valence-corrected chi connectivity index (χ3v) is 4.63. The summed E-state index contributed by atoms with van der Waals surface area (Å²) in [6, 6.07) is 6.67. The molecular weight excluding hydrogens is 376 g/mol. The second kappa shape index (κ2) is 8.68. The number of anilines is 1. The van der Waals surface area contributed by atoms with Crippen molar-refractivity contribution in [2.24, 2.45) is 5.10 Å². The number of hydrazone groups is 1. The number of nitrogens with one attached hydrogen (secondary N) is 1. The van der Waals surface area contributed by atoms with Gasteiger partial charge in [0.15, 0.2) is 5.82 Å². The topological polar surface area (TPSA) is 112 Å². The van der Waals surface area contributed by atoms with E-state index in [1.807, 2.05) is 6.92 Å². The molecule has 1 aromatic heterocycles. The van der Waals surface area contributed by atoms with Crippen LogP contribution in [0, 0.1) is 0 Å². The number of rotatable bonds is 5. The smallest absolute Gasteiger partial charge is 0.345 e. The van der Waals surface area contributed by atoms with Gasteiger partial charge in [0.2, 0.25) is 0 Å². The van der Waals surface area contributed by atoms with Crippen LogP contribution in [-0.2, 0) is 9.47 Å². The highest BCUT2D eigenvalue weighted by atomic mass is 16.5. The van der Waals surface area contributed by atoms with Crippen molar-refractivity contribution >= 4 is 23.3 Å². The Balaban J connectivity index is 1.98. The molecule has 0 radical (unpaired) electrons. The standard InChI is InChI=1S/C20H22N4O5/c1-4-29-20(27)14-11-21-17-16(10-9-12(2)24(17)18(14)25)23-22-15-8-6-5-7-13(15)19(26)28-3/h5-8,11-12,22H,4,9-10H2,1-3H3/b23-16-. The van der Waals surface area contributed by atoms with Crippen LogP contribution in [0.2, 0.25) is 0 Å². The Kier molecular flexibility index (Phi) is 6.06. The van der Waals surface area contributed by atoms with Gasteiger partial charge in [0.1, 0.15) is 11.3 Å². The van der Waals surface area contributed by atoms with Gasteiger partial charge in [-0.15, -0.1) is 0 Å². The molecule has 0 saturated carbocycles. The zero-order valence-electron chi connectivity index (χ0n) is 16.5. The third kappa shape index (κ3) is 4.03. The fourth-order valence-electron chi connectivity index (χ4n) is 3.13. The summed E-state index contributed by atoms with van der Waals surface area (Å²) in [6.45, 7) is 3.73.